The van der Waals surface area contributed by atoms with Crippen molar-refractivity contribution >= 4 is 47.3 Å². The Morgan fingerprint density at radius 1 is 0.500 bits per heavy atom. The van der Waals surface area contributed by atoms with Gasteiger partial charge in [-0.1, -0.05) is 99.2 Å². The van der Waals surface area contributed by atoms with Crippen LogP contribution in [0.5, 0.6) is 0 Å². The molecule has 62 heavy (non-hydrogen) atoms. The summed E-state index contributed by atoms with van der Waals surface area (Å²) in [6.07, 6.45) is 11.9. The minimum Gasteiger partial charge on any atom is -0.352 e. The summed E-state index contributed by atoms with van der Waals surface area (Å²) >= 11 is 0. The highest BCUT2D eigenvalue weighted by atomic mass is 16.2. The number of rotatable bonds is 14. The monoisotopic (exact) mass is 856 g/mol. The third kappa shape index (κ3) is 15.9. The first kappa shape index (κ1) is 47.3. The third-order valence-electron chi connectivity index (χ3n) is 11.9. The smallest absolute Gasteiger partial charge is 0.243 e. The Morgan fingerprint density at radius 3 is 1.23 bits per heavy atom. The summed E-state index contributed by atoms with van der Waals surface area (Å²) in [5.41, 5.74) is 2.09. The van der Waals surface area contributed by atoms with E-state index in [-0.39, 0.29) is 24.9 Å². The van der Waals surface area contributed by atoms with Crippen LogP contribution in [0.4, 0.5) is 0 Å². The van der Waals surface area contributed by atoms with E-state index in [1.165, 1.54) is 0 Å². The largest absolute Gasteiger partial charge is 0.352 e. The van der Waals surface area contributed by atoms with Gasteiger partial charge in [0.25, 0.3) is 0 Å². The molecule has 5 rings (SSSR count). The Hall–Kier alpha value is -5.80. The molecule has 2 aromatic rings. The predicted octanol–water partition coefficient (Wildman–Crippen LogP) is 1.80. The van der Waals surface area contributed by atoms with Crippen molar-refractivity contribution in [2.45, 2.75) is 127 Å². The number of carbonyl (C=O) groups is 8. The van der Waals surface area contributed by atoms with E-state index in [1.54, 1.807) is 0 Å². The van der Waals surface area contributed by atoms with Gasteiger partial charge in [0.15, 0.2) is 0 Å². The summed E-state index contributed by atoms with van der Waals surface area (Å²) < 4.78 is 0. The number of amides is 8. The number of hydrogen-bond donors (Lipinski definition) is 6. The summed E-state index contributed by atoms with van der Waals surface area (Å²) in [5.74, 6) is -5.10. The maximum Gasteiger partial charge on any atom is 0.243 e. The van der Waals surface area contributed by atoms with Crippen molar-refractivity contribution in [3.8, 4) is 0 Å². The Labute approximate surface area is 364 Å². The van der Waals surface area contributed by atoms with Crippen LogP contribution >= 0.6 is 0 Å². The van der Waals surface area contributed by atoms with Gasteiger partial charge >= 0.3 is 0 Å². The van der Waals surface area contributed by atoms with Gasteiger partial charge in [0, 0.05) is 12.1 Å². The lowest BCUT2D eigenvalue weighted by Gasteiger charge is -2.33. The summed E-state index contributed by atoms with van der Waals surface area (Å²) in [4.78, 5) is 111. The summed E-state index contributed by atoms with van der Waals surface area (Å²) in [6, 6.07) is 17.1. The second-order valence-corrected chi connectivity index (χ2v) is 16.6. The summed E-state index contributed by atoms with van der Waals surface area (Å²) in [5, 5.41) is 16.2. The Morgan fingerprint density at radius 2 is 0.855 bits per heavy atom. The van der Waals surface area contributed by atoms with E-state index >= 15 is 0 Å². The Balaban J connectivity index is 1.31. The molecule has 1 saturated heterocycles. The van der Waals surface area contributed by atoms with Gasteiger partial charge < -0.3 is 41.7 Å². The van der Waals surface area contributed by atoms with Crippen molar-refractivity contribution in [3.63, 3.8) is 0 Å². The average molecular weight is 857 g/mol. The predicted molar refractivity (Wildman–Crippen MR) is 232 cm³/mol. The van der Waals surface area contributed by atoms with Crippen molar-refractivity contribution in [2.75, 3.05) is 39.3 Å². The standard InChI is InChI=1S/C46H64N8O8/c55-39-28-48-42(58)32-54(38(26-14-20-34-17-7-2-8-18-34)46(62)52-36-23-11-4-12-24-36)44(60)30-50-40(56)27-47-41(57)31-53(43(59)29-49-39)37(25-13-19-33-15-5-1-6-16-33)45(61)51-35-21-9-3-10-22-35/h1-2,5-8,15-18,35-38H,3-4,9-14,19-32H2,(H,47,57)(H,48,58)(H,49,55)(H,50,56)(H,51,61)(H,52,62). The molecule has 1 aliphatic heterocycles. The molecule has 16 nitrogen and oxygen atoms in total. The lowest BCUT2D eigenvalue weighted by Crippen LogP contribution is -2.58. The highest BCUT2D eigenvalue weighted by Crippen LogP contribution is 2.21. The lowest BCUT2D eigenvalue weighted by atomic mass is 9.94. The van der Waals surface area contributed by atoms with Crippen LogP contribution in [-0.2, 0) is 51.2 Å². The number of nitrogens with zero attached hydrogens (tertiary/aromatic N) is 2. The Kier molecular flexibility index (Phi) is 19.2. The number of hydrogen-bond acceptors (Lipinski definition) is 8. The highest BCUT2D eigenvalue weighted by Gasteiger charge is 2.35. The fourth-order valence-electron chi connectivity index (χ4n) is 8.43. The van der Waals surface area contributed by atoms with Gasteiger partial charge in [-0.2, -0.15) is 0 Å². The fourth-order valence-corrected chi connectivity index (χ4v) is 8.43. The molecule has 6 N–H and O–H groups in total. The molecule has 3 aliphatic rings. The molecular formula is C46H64N8O8. The van der Waals surface area contributed by atoms with Gasteiger partial charge in [-0.05, 0) is 75.3 Å². The van der Waals surface area contributed by atoms with Gasteiger partial charge in [-0.15, -0.1) is 0 Å². The molecule has 0 radical (unpaired) electrons. The molecule has 0 spiro atoms. The van der Waals surface area contributed by atoms with Crippen LogP contribution < -0.4 is 31.9 Å². The molecule has 2 unspecified atom stereocenters. The van der Waals surface area contributed by atoms with Gasteiger partial charge in [-0.3, -0.25) is 38.4 Å². The topological polar surface area (TPSA) is 215 Å². The van der Waals surface area contributed by atoms with Crippen LogP contribution in [0, 0.1) is 0 Å². The molecule has 0 aromatic heterocycles. The molecule has 2 aromatic carbocycles. The SMILES string of the molecule is O=C1CNC(=O)CN(C(CCCc2ccccc2)C(=O)NC2CCCCC2)C(=O)CNC(=O)CNC(=O)CN(C(CCCc2ccccc2)C(=O)NC2CCCCC2)C(=O)CN1. The average Bonchev–Trinajstić information content (AvgIpc) is 3.28. The van der Waals surface area contributed by atoms with Crippen LogP contribution in [0.1, 0.15) is 101 Å². The first-order valence-electron chi connectivity index (χ1n) is 22.4. The minimum atomic E-state index is -1.06. The summed E-state index contributed by atoms with van der Waals surface area (Å²) in [6.45, 7) is -3.43. The van der Waals surface area contributed by atoms with Crippen LogP contribution in [0.25, 0.3) is 0 Å². The second kappa shape index (κ2) is 25.2. The molecule has 8 amide bonds. The molecule has 336 valence electrons. The number of carbonyl (C=O) groups excluding carboxylic acids is 8. The van der Waals surface area contributed by atoms with E-state index < -0.39 is 98.6 Å². The number of nitrogens with one attached hydrogen (secondary N) is 6. The van der Waals surface area contributed by atoms with Crippen molar-refractivity contribution < 1.29 is 38.4 Å². The van der Waals surface area contributed by atoms with E-state index in [9.17, 15) is 38.4 Å². The molecule has 0 bridgehead atoms. The molecule has 2 aliphatic carbocycles. The van der Waals surface area contributed by atoms with Crippen molar-refractivity contribution in [1.82, 2.24) is 41.7 Å². The third-order valence-corrected chi connectivity index (χ3v) is 11.9. The van der Waals surface area contributed by atoms with Crippen LogP contribution in [0.2, 0.25) is 0 Å². The van der Waals surface area contributed by atoms with Crippen LogP contribution in [0.3, 0.4) is 0 Å². The number of benzene rings is 2. The molecule has 2 atom stereocenters. The zero-order valence-electron chi connectivity index (χ0n) is 35.8. The van der Waals surface area contributed by atoms with E-state index in [0.29, 0.717) is 25.7 Å². The van der Waals surface area contributed by atoms with Gasteiger partial charge in [0.05, 0.1) is 26.2 Å². The van der Waals surface area contributed by atoms with Crippen molar-refractivity contribution in [1.29, 1.82) is 0 Å². The van der Waals surface area contributed by atoms with Gasteiger partial charge in [0.2, 0.25) is 47.3 Å². The minimum absolute atomic E-state index is 0.0707. The zero-order valence-corrected chi connectivity index (χ0v) is 35.8. The quantitative estimate of drug-likeness (QED) is 0.165. The molecule has 3 fully saturated rings. The molecule has 2 saturated carbocycles. The van der Waals surface area contributed by atoms with Crippen LogP contribution in [0.15, 0.2) is 60.7 Å². The summed E-state index contributed by atoms with van der Waals surface area (Å²) in [7, 11) is 0. The van der Waals surface area contributed by atoms with E-state index in [1.807, 2.05) is 60.7 Å². The maximum absolute atomic E-state index is 14.0. The lowest BCUT2D eigenvalue weighted by molar-refractivity contribution is -0.145. The molecular weight excluding hydrogens is 793 g/mol. The zero-order chi connectivity index (χ0) is 44.1. The second-order valence-electron chi connectivity index (χ2n) is 16.6. The van der Waals surface area contributed by atoms with Crippen LogP contribution in [-0.4, -0.2) is 120 Å². The number of aryl methyl sites for hydroxylation is 2. The molecule has 16 heteroatoms. The first-order chi connectivity index (χ1) is 30.0. The fraction of sp³-hybridized carbons (Fsp3) is 0.565. The van der Waals surface area contributed by atoms with Crippen molar-refractivity contribution in [3.05, 3.63) is 71.8 Å². The maximum atomic E-state index is 14.0. The Bertz CT molecular complexity index is 1690. The van der Waals surface area contributed by atoms with E-state index in [0.717, 1.165) is 85.1 Å². The van der Waals surface area contributed by atoms with E-state index in [4.69, 9.17) is 0 Å². The van der Waals surface area contributed by atoms with Gasteiger partial charge in [-0.25, -0.2) is 0 Å². The highest BCUT2D eigenvalue weighted by molar-refractivity contribution is 5.96. The van der Waals surface area contributed by atoms with Crippen molar-refractivity contribution in [2.24, 2.45) is 0 Å². The van der Waals surface area contributed by atoms with E-state index in [2.05, 4.69) is 31.9 Å². The normalized spacial score (nSPS) is 19.5. The van der Waals surface area contributed by atoms with Gasteiger partial charge in [0.1, 0.15) is 25.2 Å². The molecule has 1 heterocycles. The first-order valence-corrected chi connectivity index (χ1v) is 22.4.